The first-order chi connectivity index (χ1) is 28.8. The Morgan fingerprint density at radius 2 is 1.80 bits per heavy atom. The summed E-state index contributed by atoms with van der Waals surface area (Å²) in [6.45, 7) is 9.33. The molecule has 1 aliphatic heterocycles. The van der Waals surface area contributed by atoms with Crippen LogP contribution in [0, 0.1) is 24.7 Å². The summed E-state index contributed by atoms with van der Waals surface area (Å²) in [5.74, 6) is -0.351. The summed E-state index contributed by atoms with van der Waals surface area (Å²) in [4.78, 5) is 27.3. The van der Waals surface area contributed by atoms with Crippen LogP contribution in [0.15, 0.2) is 108 Å². The van der Waals surface area contributed by atoms with Crippen molar-refractivity contribution < 1.29 is 34.1 Å². The number of pyridine rings is 1. The maximum Gasteiger partial charge on any atom is 0.254 e. The molecule has 6 atom stereocenters. The second-order valence-electron chi connectivity index (χ2n) is 16.1. The Labute approximate surface area is 348 Å². The molecule has 312 valence electrons. The molecule has 4 aromatic rings. The number of fused-ring (bicyclic) bond motifs is 3. The first-order valence-electron chi connectivity index (χ1n) is 21.3. The zero-order valence-electron chi connectivity index (χ0n) is 34.7. The molecule has 0 radical (unpaired) electrons. The summed E-state index contributed by atoms with van der Waals surface area (Å²) in [7, 11) is 1.57. The van der Waals surface area contributed by atoms with Crippen molar-refractivity contribution in [2.45, 2.75) is 89.6 Å². The maximum absolute atomic E-state index is 15.1. The maximum atomic E-state index is 15.1. The van der Waals surface area contributed by atoms with Gasteiger partial charge in [-0.2, -0.15) is 0 Å². The smallest absolute Gasteiger partial charge is 0.254 e. The molecule has 0 saturated heterocycles. The summed E-state index contributed by atoms with van der Waals surface area (Å²) in [6.07, 6.45) is 9.96. The van der Waals surface area contributed by atoms with Crippen LogP contribution in [0.1, 0.15) is 91.5 Å². The third-order valence-electron chi connectivity index (χ3n) is 12.3. The fourth-order valence-electron chi connectivity index (χ4n) is 9.81. The lowest BCUT2D eigenvalue weighted by Gasteiger charge is -2.60. The minimum Gasteiger partial charge on any atom is -0.487 e. The van der Waals surface area contributed by atoms with Crippen molar-refractivity contribution in [3.05, 3.63) is 126 Å². The quantitative estimate of drug-likeness (QED) is 0.0548. The van der Waals surface area contributed by atoms with Crippen molar-refractivity contribution in [2.75, 3.05) is 33.5 Å². The molecule has 6 unspecified atom stereocenters. The first-order valence-corrected chi connectivity index (χ1v) is 21.3. The third kappa shape index (κ3) is 8.81. The third-order valence-corrected chi connectivity index (χ3v) is 12.3. The average molecular weight is 802 g/mol. The van der Waals surface area contributed by atoms with Gasteiger partial charge in [0.2, 0.25) is 5.79 Å². The van der Waals surface area contributed by atoms with Crippen molar-refractivity contribution in [1.82, 2.24) is 9.88 Å². The lowest BCUT2D eigenvalue weighted by Crippen LogP contribution is -2.70. The van der Waals surface area contributed by atoms with Gasteiger partial charge in [0, 0.05) is 48.9 Å². The Morgan fingerprint density at radius 3 is 2.54 bits per heavy atom. The van der Waals surface area contributed by atoms with Crippen LogP contribution in [-0.4, -0.2) is 77.0 Å². The van der Waals surface area contributed by atoms with Crippen molar-refractivity contribution in [3.63, 3.8) is 0 Å². The summed E-state index contributed by atoms with van der Waals surface area (Å²) >= 11 is 0. The average Bonchev–Trinajstić information content (AvgIpc) is 3.25. The molecule has 7 rings (SSSR count). The molecule has 3 aromatic carbocycles. The van der Waals surface area contributed by atoms with Crippen molar-refractivity contribution >= 4 is 22.4 Å². The summed E-state index contributed by atoms with van der Waals surface area (Å²) in [6, 6.07) is 25.3. The van der Waals surface area contributed by atoms with Crippen LogP contribution in [0.25, 0.3) is 10.8 Å². The van der Waals surface area contributed by atoms with E-state index in [0.29, 0.717) is 55.9 Å². The van der Waals surface area contributed by atoms with E-state index in [1.807, 2.05) is 78.6 Å². The predicted octanol–water partition coefficient (Wildman–Crippen LogP) is 8.94. The number of carbonyl (C=O) groups excluding carboxylic acids is 1. The van der Waals surface area contributed by atoms with Gasteiger partial charge in [0.1, 0.15) is 31.3 Å². The van der Waals surface area contributed by atoms with Gasteiger partial charge in [0.15, 0.2) is 0 Å². The number of carbonyl (C=O) groups is 1. The van der Waals surface area contributed by atoms with Crippen molar-refractivity contribution in [2.24, 2.45) is 22.9 Å². The molecule has 10 nitrogen and oxygen atoms in total. The number of aliphatic hydroxyl groups excluding tert-OH is 2. The fourth-order valence-corrected chi connectivity index (χ4v) is 9.81. The Balaban J connectivity index is 1.41. The van der Waals surface area contributed by atoms with Crippen LogP contribution in [0.4, 0.5) is 0 Å². The molecule has 0 bridgehead atoms. The van der Waals surface area contributed by atoms with Crippen LogP contribution in [0.5, 0.6) is 11.5 Å². The highest BCUT2D eigenvalue weighted by atomic mass is 16.7. The minimum atomic E-state index is -1.33. The number of unbranched alkanes of at least 4 members (excludes halogenated alkanes) is 2. The van der Waals surface area contributed by atoms with Crippen LogP contribution >= 0.6 is 0 Å². The van der Waals surface area contributed by atoms with Crippen LogP contribution in [0.3, 0.4) is 0 Å². The number of nitrogens with zero attached hydrogens (tertiary/aromatic N) is 3. The van der Waals surface area contributed by atoms with Gasteiger partial charge in [0.05, 0.1) is 23.9 Å². The molecule has 2 aliphatic carbocycles. The number of amides is 1. The standard InChI is InChI=1S/C49H59N3O7/c1-5-24-52(48(55)37-21-20-34-15-7-8-16-35(34)28-37)45-31-43(51-56-4)41-29-36(17-9-11-25-53)40(19-10-12-26-54)46-42-30-39(57-32-38-18-13-14-33(3)50-38)22-23-44(42)59-49(45,47(41)46)58-27-6-2/h6-8,13-16,18,20-23,28-30,36,40,45-47,53-54H,2,5,9-12,17,19,24-27,31-32H2,1,3-4H3. The summed E-state index contributed by atoms with van der Waals surface area (Å²) in [5.41, 5.74) is 5.14. The molecule has 59 heavy (non-hydrogen) atoms. The number of oxime groups is 1. The number of ether oxygens (including phenoxy) is 3. The van der Waals surface area contributed by atoms with Gasteiger partial charge in [-0.05, 0) is 110 Å². The topological polar surface area (TPSA) is 123 Å². The fraction of sp³-hybridized carbons (Fsp3) is 0.449. The lowest BCUT2D eigenvalue weighted by molar-refractivity contribution is -0.254. The van der Waals surface area contributed by atoms with E-state index in [1.54, 1.807) is 13.2 Å². The lowest BCUT2D eigenvalue weighted by atomic mass is 9.55. The zero-order chi connectivity index (χ0) is 41.4. The monoisotopic (exact) mass is 801 g/mol. The highest BCUT2D eigenvalue weighted by molar-refractivity contribution is 6.04. The van der Waals surface area contributed by atoms with Gasteiger partial charge in [-0.3, -0.25) is 9.78 Å². The Bertz CT molecular complexity index is 2150. The number of hydrogen-bond donors (Lipinski definition) is 2. The Hall–Kier alpha value is -5.03. The highest BCUT2D eigenvalue weighted by Gasteiger charge is 2.65. The molecule has 1 aromatic heterocycles. The van der Waals surface area contributed by atoms with Crippen LogP contribution in [0.2, 0.25) is 0 Å². The van der Waals surface area contributed by atoms with E-state index >= 15 is 4.79 Å². The van der Waals surface area contributed by atoms with Gasteiger partial charge in [-0.1, -0.05) is 73.5 Å². The van der Waals surface area contributed by atoms with E-state index in [0.717, 1.165) is 64.7 Å². The molecular formula is C49H59N3O7. The number of aromatic nitrogens is 1. The van der Waals surface area contributed by atoms with Gasteiger partial charge in [-0.25, -0.2) is 0 Å². The Kier molecular flexibility index (Phi) is 13.8. The molecule has 3 aliphatic rings. The van der Waals surface area contributed by atoms with E-state index in [9.17, 15) is 10.2 Å². The molecule has 1 fully saturated rings. The van der Waals surface area contributed by atoms with Crippen LogP contribution < -0.4 is 9.47 Å². The molecule has 2 heterocycles. The largest absolute Gasteiger partial charge is 0.487 e. The minimum absolute atomic E-state index is 0.106. The summed E-state index contributed by atoms with van der Waals surface area (Å²) < 4.78 is 20.9. The normalized spacial score (nSPS) is 23.8. The predicted molar refractivity (Wildman–Crippen MR) is 231 cm³/mol. The summed E-state index contributed by atoms with van der Waals surface area (Å²) in [5, 5.41) is 26.6. The second kappa shape index (κ2) is 19.4. The molecule has 10 heteroatoms. The molecule has 1 saturated carbocycles. The Morgan fingerprint density at radius 1 is 1.00 bits per heavy atom. The zero-order valence-corrected chi connectivity index (χ0v) is 34.7. The first kappa shape index (κ1) is 42.1. The number of aliphatic hydroxyl groups is 2. The van der Waals surface area contributed by atoms with Gasteiger partial charge >= 0.3 is 0 Å². The number of aryl methyl sites for hydroxylation is 1. The van der Waals surface area contributed by atoms with Gasteiger partial charge in [0.25, 0.3) is 5.91 Å². The molecule has 2 N–H and O–H groups in total. The second-order valence-corrected chi connectivity index (χ2v) is 16.1. The number of hydrogen-bond acceptors (Lipinski definition) is 9. The van der Waals surface area contributed by atoms with Gasteiger partial charge < -0.3 is 34.2 Å². The van der Waals surface area contributed by atoms with Gasteiger partial charge in [-0.15, -0.1) is 6.58 Å². The van der Waals surface area contributed by atoms with E-state index in [4.69, 9.17) is 24.2 Å². The van der Waals surface area contributed by atoms with Crippen molar-refractivity contribution in [3.8, 4) is 11.5 Å². The molecule has 1 amide bonds. The van der Waals surface area contributed by atoms with E-state index < -0.39 is 17.7 Å². The van der Waals surface area contributed by atoms with E-state index in [-0.39, 0.29) is 43.5 Å². The highest BCUT2D eigenvalue weighted by Crippen LogP contribution is 2.62. The van der Waals surface area contributed by atoms with E-state index in [1.165, 1.54) is 0 Å². The van der Waals surface area contributed by atoms with Crippen LogP contribution in [-0.2, 0) is 16.2 Å². The molecular weight excluding hydrogens is 743 g/mol. The number of rotatable bonds is 19. The van der Waals surface area contributed by atoms with Crippen molar-refractivity contribution in [1.29, 1.82) is 0 Å². The number of benzene rings is 3. The SMILES string of the molecule is C=CCOC12Oc3ccc(OCc4cccc(C)n4)cc3C3C(CCCCO)C(CCCCO)C=C(C(=NOC)CC1N(CCC)C(=O)c1ccc4ccccc4c1)C32. The van der Waals surface area contributed by atoms with E-state index in [2.05, 4.69) is 36.7 Å². The molecule has 0 spiro atoms. The number of allylic oxidation sites excluding steroid dienone is 1.